The highest BCUT2D eigenvalue weighted by Gasteiger charge is 2.06. The number of nitrogens with one attached hydrogen (secondary N) is 2. The van der Waals surface area contributed by atoms with Gasteiger partial charge in [-0.25, -0.2) is 0 Å². The molecule has 0 bridgehead atoms. The summed E-state index contributed by atoms with van der Waals surface area (Å²) in [4.78, 5) is 8.54. The molecule has 7 nitrogen and oxygen atoms in total. The number of ether oxygens (including phenoxy) is 3. The van der Waals surface area contributed by atoms with Gasteiger partial charge in [0, 0.05) is 26.3 Å². The molecule has 2 aromatic carbocycles. The molecule has 0 atom stereocenters. The molecule has 7 heteroatoms. The lowest BCUT2D eigenvalue weighted by Crippen LogP contribution is -2.36. The quantitative estimate of drug-likeness (QED) is 0.407. The molecule has 0 unspecified atom stereocenters. The lowest BCUT2D eigenvalue weighted by molar-refractivity contribution is 0.301. The molecule has 0 aliphatic heterocycles. The Morgan fingerprint density at radius 3 is 2.23 bits per heavy atom. The highest BCUT2D eigenvalue weighted by atomic mass is 16.5. The fourth-order valence-corrected chi connectivity index (χ4v) is 2.93. The van der Waals surface area contributed by atoms with Crippen molar-refractivity contribution in [3.63, 3.8) is 0 Å². The van der Waals surface area contributed by atoms with Crippen LogP contribution in [0.15, 0.2) is 71.9 Å². The van der Waals surface area contributed by atoms with Gasteiger partial charge in [-0.2, -0.15) is 0 Å². The maximum atomic E-state index is 5.78. The molecule has 2 N–H and O–H groups in total. The Hall–Kier alpha value is -3.74. The van der Waals surface area contributed by atoms with Gasteiger partial charge in [-0.05, 0) is 47.5 Å². The summed E-state index contributed by atoms with van der Waals surface area (Å²) in [6.07, 6.45) is 1.76. The Labute approximate surface area is 183 Å². The summed E-state index contributed by atoms with van der Waals surface area (Å²) < 4.78 is 16.4. The molecule has 31 heavy (non-hydrogen) atoms. The number of hydrogen-bond donors (Lipinski definition) is 2. The monoisotopic (exact) mass is 420 g/mol. The highest BCUT2D eigenvalue weighted by molar-refractivity contribution is 5.79. The maximum absolute atomic E-state index is 5.78. The van der Waals surface area contributed by atoms with Crippen molar-refractivity contribution in [1.82, 2.24) is 15.6 Å². The lowest BCUT2D eigenvalue weighted by atomic mass is 10.2. The predicted molar refractivity (Wildman–Crippen MR) is 122 cm³/mol. The third-order valence-corrected chi connectivity index (χ3v) is 4.63. The Kier molecular flexibility index (Phi) is 8.11. The van der Waals surface area contributed by atoms with Crippen LogP contribution in [0.2, 0.25) is 0 Å². The number of hydrogen-bond acceptors (Lipinski definition) is 5. The fraction of sp³-hybridized carbons (Fsp3) is 0.250. The lowest BCUT2D eigenvalue weighted by Gasteiger charge is -2.14. The highest BCUT2D eigenvalue weighted by Crippen LogP contribution is 2.27. The van der Waals surface area contributed by atoms with Crippen molar-refractivity contribution in [3.05, 3.63) is 83.7 Å². The average Bonchev–Trinajstić information content (AvgIpc) is 2.84. The molecule has 1 heterocycles. The van der Waals surface area contributed by atoms with Crippen LogP contribution in [-0.2, 0) is 19.7 Å². The predicted octanol–water partition coefficient (Wildman–Crippen LogP) is 3.54. The van der Waals surface area contributed by atoms with Gasteiger partial charge in [-0.15, -0.1) is 0 Å². The van der Waals surface area contributed by atoms with Crippen LogP contribution in [0.4, 0.5) is 0 Å². The first-order valence-electron chi connectivity index (χ1n) is 9.99. The summed E-state index contributed by atoms with van der Waals surface area (Å²) in [5.74, 6) is 2.94. The first-order chi connectivity index (χ1) is 15.2. The molecule has 0 saturated carbocycles. The number of rotatable bonds is 9. The number of methoxy groups -OCH3 is 2. The molecule has 0 aliphatic rings. The topological polar surface area (TPSA) is 77.0 Å². The summed E-state index contributed by atoms with van der Waals surface area (Å²) in [5, 5.41) is 6.62. The van der Waals surface area contributed by atoms with Crippen molar-refractivity contribution in [2.75, 3.05) is 21.3 Å². The van der Waals surface area contributed by atoms with Gasteiger partial charge in [0.15, 0.2) is 17.5 Å². The van der Waals surface area contributed by atoms with Crippen LogP contribution in [0.5, 0.6) is 17.2 Å². The van der Waals surface area contributed by atoms with Gasteiger partial charge in [0.2, 0.25) is 0 Å². The van der Waals surface area contributed by atoms with Crippen LogP contribution >= 0.6 is 0 Å². The van der Waals surface area contributed by atoms with Crippen LogP contribution in [0, 0.1) is 0 Å². The second kappa shape index (κ2) is 11.4. The Balaban J connectivity index is 1.47. The van der Waals surface area contributed by atoms with E-state index in [0.29, 0.717) is 37.2 Å². The van der Waals surface area contributed by atoms with Crippen LogP contribution in [0.1, 0.15) is 16.8 Å². The summed E-state index contributed by atoms with van der Waals surface area (Å²) in [5.41, 5.74) is 3.09. The zero-order valence-electron chi connectivity index (χ0n) is 18.1. The van der Waals surface area contributed by atoms with E-state index in [1.807, 2.05) is 60.7 Å². The molecular weight excluding hydrogens is 392 g/mol. The minimum Gasteiger partial charge on any atom is -0.493 e. The first-order valence-corrected chi connectivity index (χ1v) is 9.99. The summed E-state index contributed by atoms with van der Waals surface area (Å²) in [6.45, 7) is 1.71. The number of benzene rings is 2. The molecule has 0 fully saturated rings. The molecule has 162 valence electrons. The Morgan fingerprint density at radius 2 is 1.58 bits per heavy atom. The number of aliphatic imine (C=N–C) groups is 1. The molecule has 0 aliphatic carbocycles. The SMILES string of the molecule is CN=C(NCc1ccc(OCc2ccccn2)cc1)NCc1ccc(OC)c(OC)c1. The normalized spacial score (nSPS) is 11.0. The van der Waals surface area contributed by atoms with Gasteiger partial charge < -0.3 is 24.8 Å². The van der Waals surface area contributed by atoms with Crippen molar-refractivity contribution >= 4 is 5.96 Å². The zero-order valence-corrected chi connectivity index (χ0v) is 18.1. The molecule has 0 saturated heterocycles. The van der Waals surface area contributed by atoms with Gasteiger partial charge in [0.05, 0.1) is 19.9 Å². The largest absolute Gasteiger partial charge is 0.493 e. The molecule has 0 spiro atoms. The Morgan fingerprint density at radius 1 is 0.871 bits per heavy atom. The van der Waals surface area contributed by atoms with E-state index < -0.39 is 0 Å². The molecule has 1 aromatic heterocycles. The van der Waals surface area contributed by atoms with Crippen LogP contribution in [0.3, 0.4) is 0 Å². The minimum absolute atomic E-state index is 0.450. The fourth-order valence-electron chi connectivity index (χ4n) is 2.93. The molecule has 0 amide bonds. The van der Waals surface area contributed by atoms with Crippen molar-refractivity contribution < 1.29 is 14.2 Å². The standard InChI is InChI=1S/C24H28N4O3/c1-25-24(28-16-19-9-12-22(29-2)23(14-19)30-3)27-15-18-7-10-21(11-8-18)31-17-20-6-4-5-13-26-20/h4-14H,15-17H2,1-3H3,(H2,25,27,28). The minimum atomic E-state index is 0.450. The third kappa shape index (κ3) is 6.64. The average molecular weight is 421 g/mol. The van der Waals surface area contributed by atoms with E-state index in [2.05, 4.69) is 20.6 Å². The summed E-state index contributed by atoms with van der Waals surface area (Å²) >= 11 is 0. The molecular formula is C24H28N4O3. The second-order valence-electron chi connectivity index (χ2n) is 6.72. The maximum Gasteiger partial charge on any atom is 0.191 e. The Bertz CT molecular complexity index is 976. The van der Waals surface area contributed by atoms with Gasteiger partial charge in [-0.3, -0.25) is 9.98 Å². The van der Waals surface area contributed by atoms with Crippen LogP contribution in [0.25, 0.3) is 0 Å². The second-order valence-corrected chi connectivity index (χ2v) is 6.72. The summed E-state index contributed by atoms with van der Waals surface area (Å²) in [7, 11) is 5.00. The van der Waals surface area contributed by atoms with Gasteiger partial charge >= 0.3 is 0 Å². The van der Waals surface area contributed by atoms with E-state index in [4.69, 9.17) is 14.2 Å². The van der Waals surface area contributed by atoms with Crippen molar-refractivity contribution in [3.8, 4) is 17.2 Å². The number of pyridine rings is 1. The van der Waals surface area contributed by atoms with Gasteiger partial charge in [-0.1, -0.05) is 24.3 Å². The van der Waals surface area contributed by atoms with Crippen LogP contribution in [-0.4, -0.2) is 32.2 Å². The van der Waals surface area contributed by atoms with E-state index in [1.54, 1.807) is 27.5 Å². The van der Waals surface area contributed by atoms with Crippen molar-refractivity contribution in [1.29, 1.82) is 0 Å². The third-order valence-electron chi connectivity index (χ3n) is 4.63. The van der Waals surface area contributed by atoms with E-state index in [9.17, 15) is 0 Å². The summed E-state index contributed by atoms with van der Waals surface area (Å²) in [6, 6.07) is 19.6. The van der Waals surface area contributed by atoms with Gasteiger partial charge in [0.25, 0.3) is 0 Å². The smallest absolute Gasteiger partial charge is 0.191 e. The van der Waals surface area contributed by atoms with Gasteiger partial charge in [0.1, 0.15) is 12.4 Å². The van der Waals surface area contributed by atoms with Crippen molar-refractivity contribution in [2.24, 2.45) is 4.99 Å². The molecule has 3 aromatic rings. The first kappa shape index (κ1) is 22.0. The zero-order chi connectivity index (χ0) is 21.9. The number of aromatic nitrogens is 1. The van der Waals surface area contributed by atoms with E-state index >= 15 is 0 Å². The van der Waals surface area contributed by atoms with E-state index in [0.717, 1.165) is 22.6 Å². The van der Waals surface area contributed by atoms with Crippen molar-refractivity contribution in [2.45, 2.75) is 19.7 Å². The van der Waals surface area contributed by atoms with Crippen LogP contribution < -0.4 is 24.8 Å². The van der Waals surface area contributed by atoms with E-state index in [1.165, 1.54) is 0 Å². The number of nitrogens with zero attached hydrogens (tertiary/aromatic N) is 2. The molecule has 0 radical (unpaired) electrons. The number of guanidine groups is 1. The van der Waals surface area contributed by atoms with E-state index in [-0.39, 0.29) is 0 Å². The molecule has 3 rings (SSSR count).